The number of nitrogens with one attached hydrogen (secondary N) is 1. The van der Waals surface area contributed by atoms with Crippen LogP contribution in [0.5, 0.6) is 0 Å². The molecule has 0 bridgehead atoms. The van der Waals surface area contributed by atoms with Crippen LogP contribution < -0.4 is 5.32 Å². The van der Waals surface area contributed by atoms with Crippen LogP contribution >= 0.6 is 0 Å². The Morgan fingerprint density at radius 3 is 2.68 bits per heavy atom. The van der Waals surface area contributed by atoms with Gasteiger partial charge in [-0.3, -0.25) is 14.3 Å². The monoisotopic (exact) mass is 264 g/mol. The summed E-state index contributed by atoms with van der Waals surface area (Å²) in [5.74, 6) is 0.00387. The second-order valence-electron chi connectivity index (χ2n) is 5.21. The molecule has 104 valence electrons. The summed E-state index contributed by atoms with van der Waals surface area (Å²) in [6.45, 7) is 6.72. The zero-order chi connectivity index (χ0) is 14.0. The third kappa shape index (κ3) is 2.77. The average Bonchev–Trinajstić information content (AvgIpc) is 2.86. The minimum atomic E-state index is -0.418. The number of hydrogen-bond acceptors (Lipinski definition) is 3. The summed E-state index contributed by atoms with van der Waals surface area (Å²) in [7, 11) is 0. The van der Waals surface area contributed by atoms with Crippen molar-refractivity contribution in [1.82, 2.24) is 20.0 Å². The van der Waals surface area contributed by atoms with E-state index < -0.39 is 12.1 Å². The van der Waals surface area contributed by atoms with Crippen molar-refractivity contribution in [2.24, 2.45) is 5.92 Å². The molecular formula is C13H20N4O2. The first-order chi connectivity index (χ1) is 9.00. The molecule has 2 heterocycles. The fourth-order valence-electron chi connectivity index (χ4n) is 2.25. The highest BCUT2D eigenvalue weighted by Crippen LogP contribution is 2.15. The van der Waals surface area contributed by atoms with E-state index in [4.69, 9.17) is 0 Å². The molecule has 6 heteroatoms. The van der Waals surface area contributed by atoms with Crippen molar-refractivity contribution in [1.29, 1.82) is 0 Å². The van der Waals surface area contributed by atoms with Gasteiger partial charge < -0.3 is 10.2 Å². The first kappa shape index (κ1) is 13.6. The summed E-state index contributed by atoms with van der Waals surface area (Å²) in [5.41, 5.74) is 0. The molecule has 0 aliphatic carbocycles. The average molecular weight is 264 g/mol. The van der Waals surface area contributed by atoms with Crippen LogP contribution in [0.25, 0.3) is 0 Å². The fraction of sp³-hybridized carbons (Fsp3) is 0.615. The lowest BCUT2D eigenvalue weighted by molar-refractivity contribution is -0.150. The van der Waals surface area contributed by atoms with E-state index in [9.17, 15) is 9.59 Å². The quantitative estimate of drug-likeness (QED) is 0.848. The van der Waals surface area contributed by atoms with E-state index in [0.29, 0.717) is 13.1 Å². The number of rotatable bonds is 4. The van der Waals surface area contributed by atoms with Gasteiger partial charge in [0.25, 0.3) is 0 Å². The fourth-order valence-corrected chi connectivity index (χ4v) is 2.25. The lowest BCUT2D eigenvalue weighted by atomic mass is 9.98. The van der Waals surface area contributed by atoms with Crippen LogP contribution in [0.2, 0.25) is 0 Å². The molecule has 2 unspecified atom stereocenters. The number of hydrogen-bond donors (Lipinski definition) is 1. The SMILES string of the molecule is CC(C)C1NC(=O)C(C)N(CCn2cccn2)C1=O. The molecule has 19 heavy (non-hydrogen) atoms. The molecule has 0 spiro atoms. The van der Waals surface area contributed by atoms with Crippen molar-refractivity contribution in [3.05, 3.63) is 18.5 Å². The van der Waals surface area contributed by atoms with Gasteiger partial charge in [-0.15, -0.1) is 0 Å². The van der Waals surface area contributed by atoms with Gasteiger partial charge in [0.2, 0.25) is 11.8 Å². The number of amides is 2. The van der Waals surface area contributed by atoms with Gasteiger partial charge in [0, 0.05) is 18.9 Å². The maximum absolute atomic E-state index is 12.4. The van der Waals surface area contributed by atoms with E-state index in [1.165, 1.54) is 0 Å². The minimum Gasteiger partial charge on any atom is -0.342 e. The Hall–Kier alpha value is -1.85. The van der Waals surface area contributed by atoms with E-state index >= 15 is 0 Å². The predicted molar refractivity (Wildman–Crippen MR) is 70.2 cm³/mol. The van der Waals surface area contributed by atoms with Gasteiger partial charge in [0.15, 0.2) is 0 Å². The largest absolute Gasteiger partial charge is 0.342 e. The first-order valence-corrected chi connectivity index (χ1v) is 6.59. The van der Waals surface area contributed by atoms with Gasteiger partial charge >= 0.3 is 0 Å². The second kappa shape index (κ2) is 5.42. The summed E-state index contributed by atoms with van der Waals surface area (Å²) >= 11 is 0. The summed E-state index contributed by atoms with van der Waals surface area (Å²) < 4.78 is 1.76. The number of nitrogens with zero attached hydrogens (tertiary/aromatic N) is 3. The third-order valence-electron chi connectivity index (χ3n) is 3.49. The lowest BCUT2D eigenvalue weighted by Crippen LogP contribution is -2.64. The van der Waals surface area contributed by atoms with Crippen LogP contribution in [0, 0.1) is 5.92 Å². The van der Waals surface area contributed by atoms with Crippen molar-refractivity contribution in [3.63, 3.8) is 0 Å². The second-order valence-corrected chi connectivity index (χ2v) is 5.21. The summed E-state index contributed by atoms with van der Waals surface area (Å²) in [6, 6.07) is 1.00. The smallest absolute Gasteiger partial charge is 0.246 e. The van der Waals surface area contributed by atoms with Crippen LogP contribution in [0.3, 0.4) is 0 Å². The summed E-state index contributed by atoms with van der Waals surface area (Å²) in [6.07, 6.45) is 3.55. The Kier molecular flexibility index (Phi) is 3.87. The van der Waals surface area contributed by atoms with Crippen LogP contribution in [-0.2, 0) is 16.1 Å². The number of carbonyl (C=O) groups is 2. The van der Waals surface area contributed by atoms with Gasteiger partial charge in [-0.1, -0.05) is 13.8 Å². The van der Waals surface area contributed by atoms with Crippen molar-refractivity contribution in [2.45, 2.75) is 39.4 Å². The number of aromatic nitrogens is 2. The van der Waals surface area contributed by atoms with Gasteiger partial charge in [0.05, 0.1) is 6.54 Å². The molecule has 0 radical (unpaired) electrons. The van der Waals surface area contributed by atoms with E-state index in [0.717, 1.165) is 0 Å². The van der Waals surface area contributed by atoms with E-state index in [2.05, 4.69) is 10.4 Å². The van der Waals surface area contributed by atoms with Crippen LogP contribution in [0.1, 0.15) is 20.8 Å². The van der Waals surface area contributed by atoms with Crippen molar-refractivity contribution in [3.8, 4) is 0 Å². The van der Waals surface area contributed by atoms with Gasteiger partial charge in [-0.25, -0.2) is 0 Å². The third-order valence-corrected chi connectivity index (χ3v) is 3.49. The first-order valence-electron chi connectivity index (χ1n) is 6.59. The highest BCUT2D eigenvalue weighted by molar-refractivity contribution is 5.96. The van der Waals surface area contributed by atoms with E-state index in [-0.39, 0.29) is 17.7 Å². The summed E-state index contributed by atoms with van der Waals surface area (Å²) in [4.78, 5) is 25.9. The number of carbonyl (C=O) groups excluding carboxylic acids is 2. The van der Waals surface area contributed by atoms with Gasteiger partial charge in [0.1, 0.15) is 12.1 Å². The molecule has 2 atom stereocenters. The van der Waals surface area contributed by atoms with Crippen LogP contribution in [0.4, 0.5) is 0 Å². The Bertz CT molecular complexity index is 455. The number of piperazine rings is 1. The molecule has 0 aromatic carbocycles. The van der Waals surface area contributed by atoms with Gasteiger partial charge in [-0.05, 0) is 18.9 Å². The summed E-state index contributed by atoms with van der Waals surface area (Å²) in [5, 5.41) is 6.89. The molecule has 0 saturated carbocycles. The normalized spacial score (nSPS) is 23.9. The lowest BCUT2D eigenvalue weighted by Gasteiger charge is -2.38. The van der Waals surface area contributed by atoms with Crippen molar-refractivity contribution in [2.75, 3.05) is 6.54 Å². The predicted octanol–water partition coefficient (Wildman–Crippen LogP) is 0.255. The Labute approximate surface area is 112 Å². The molecule has 6 nitrogen and oxygen atoms in total. The van der Waals surface area contributed by atoms with E-state index in [1.54, 1.807) is 22.7 Å². The molecule has 1 aromatic rings. The zero-order valence-electron chi connectivity index (χ0n) is 11.5. The highest BCUT2D eigenvalue weighted by atomic mass is 16.2. The van der Waals surface area contributed by atoms with Crippen LogP contribution in [0.15, 0.2) is 18.5 Å². The molecule has 1 N–H and O–H groups in total. The zero-order valence-corrected chi connectivity index (χ0v) is 11.5. The van der Waals surface area contributed by atoms with E-state index in [1.807, 2.05) is 26.1 Å². The molecule has 1 aliphatic heterocycles. The van der Waals surface area contributed by atoms with Crippen molar-refractivity contribution < 1.29 is 9.59 Å². The topological polar surface area (TPSA) is 67.2 Å². The Balaban J connectivity index is 2.07. The molecular weight excluding hydrogens is 244 g/mol. The molecule has 1 aromatic heterocycles. The standard InChI is InChI=1S/C13H20N4O2/c1-9(2)11-13(19)17(10(3)12(18)15-11)8-7-16-6-4-5-14-16/h4-6,9-11H,7-8H2,1-3H3,(H,15,18). The minimum absolute atomic E-state index is 0.00532. The molecule has 1 aliphatic rings. The molecule has 2 rings (SSSR count). The Morgan fingerprint density at radius 2 is 2.11 bits per heavy atom. The maximum atomic E-state index is 12.4. The van der Waals surface area contributed by atoms with Gasteiger partial charge in [-0.2, -0.15) is 5.10 Å². The maximum Gasteiger partial charge on any atom is 0.246 e. The van der Waals surface area contributed by atoms with Crippen molar-refractivity contribution >= 4 is 11.8 Å². The molecule has 1 fully saturated rings. The molecule has 2 amide bonds. The van der Waals surface area contributed by atoms with Crippen LogP contribution in [-0.4, -0.2) is 45.1 Å². The molecule has 1 saturated heterocycles. The highest BCUT2D eigenvalue weighted by Gasteiger charge is 2.38. The Morgan fingerprint density at radius 1 is 1.37 bits per heavy atom.